The van der Waals surface area contributed by atoms with Crippen LogP contribution in [0.5, 0.6) is 0 Å². The molecule has 1 saturated carbocycles. The zero-order chi connectivity index (χ0) is 29.0. The molecule has 212 valence electrons. The van der Waals surface area contributed by atoms with Crippen LogP contribution in [0.3, 0.4) is 0 Å². The minimum atomic E-state index is -0.347. The number of benzene rings is 1. The number of rotatable bonds is 7. The van der Waals surface area contributed by atoms with Gasteiger partial charge in [-0.3, -0.25) is 28.8 Å². The van der Waals surface area contributed by atoms with Crippen molar-refractivity contribution < 1.29 is 4.79 Å². The van der Waals surface area contributed by atoms with Crippen molar-refractivity contribution in [1.82, 2.24) is 29.2 Å². The molecule has 3 aromatic heterocycles. The van der Waals surface area contributed by atoms with Gasteiger partial charge in [-0.15, -0.1) is 0 Å². The summed E-state index contributed by atoms with van der Waals surface area (Å²) >= 11 is 7.29. The van der Waals surface area contributed by atoms with E-state index in [0.29, 0.717) is 40.3 Å². The first-order chi connectivity index (χ1) is 19.7. The first-order valence-electron chi connectivity index (χ1n) is 13.5. The van der Waals surface area contributed by atoms with Crippen molar-refractivity contribution in [3.05, 3.63) is 80.4 Å². The molecule has 3 unspecified atom stereocenters. The number of carbonyl (C=O) groups is 1. The average Bonchev–Trinajstić information content (AvgIpc) is 3.44. The summed E-state index contributed by atoms with van der Waals surface area (Å²) in [4.78, 5) is 46.9. The number of hydrogen-bond acceptors (Lipinski definition) is 9. The number of amides is 1. The predicted octanol–water partition coefficient (Wildman–Crippen LogP) is 4.42. The van der Waals surface area contributed by atoms with Crippen molar-refractivity contribution in [2.75, 3.05) is 29.6 Å². The van der Waals surface area contributed by atoms with Crippen LogP contribution in [0, 0.1) is 25.7 Å². The Hall–Kier alpha value is -3.70. The van der Waals surface area contributed by atoms with Crippen LogP contribution in [-0.4, -0.2) is 49.8 Å². The maximum Gasteiger partial charge on any atom is 0.281 e. The SMILES string of the molecule is CSNC(=O)c1nc(Cl)ccc1NC(C)c1cc(C)cc2c(=O)n(C)c(N3CC4C(C3)C4c3cncc(C)n3)nc12. The molecular weight excluding hydrogens is 560 g/mol. The number of halogens is 1. The Bertz CT molecular complexity index is 1730. The van der Waals surface area contributed by atoms with E-state index < -0.39 is 0 Å². The number of nitrogens with zero attached hydrogens (tertiary/aromatic N) is 6. The van der Waals surface area contributed by atoms with Crippen LogP contribution in [-0.2, 0) is 7.05 Å². The molecule has 41 heavy (non-hydrogen) atoms. The maximum atomic E-state index is 13.6. The molecule has 2 N–H and O–H groups in total. The zero-order valence-electron chi connectivity index (χ0n) is 23.5. The van der Waals surface area contributed by atoms with Crippen molar-refractivity contribution in [1.29, 1.82) is 0 Å². The third-order valence-electron chi connectivity index (χ3n) is 8.03. The largest absolute Gasteiger partial charge is 0.377 e. The highest BCUT2D eigenvalue weighted by molar-refractivity contribution is 7.97. The Balaban J connectivity index is 1.33. The monoisotopic (exact) mass is 590 g/mol. The minimum Gasteiger partial charge on any atom is -0.377 e. The zero-order valence-corrected chi connectivity index (χ0v) is 25.0. The van der Waals surface area contributed by atoms with Gasteiger partial charge < -0.3 is 10.2 Å². The number of nitrogens with one attached hydrogen (secondary N) is 2. The van der Waals surface area contributed by atoms with E-state index in [1.807, 2.05) is 39.1 Å². The number of aromatic nitrogens is 5. The molecule has 2 aliphatic rings. The van der Waals surface area contributed by atoms with Gasteiger partial charge in [-0.25, -0.2) is 9.97 Å². The Morgan fingerprint density at radius 1 is 1.12 bits per heavy atom. The summed E-state index contributed by atoms with van der Waals surface area (Å²) in [5, 5.41) is 4.20. The molecule has 1 aromatic carbocycles. The molecule has 0 radical (unpaired) electrons. The van der Waals surface area contributed by atoms with E-state index in [0.717, 1.165) is 35.6 Å². The van der Waals surface area contributed by atoms with Crippen LogP contribution in [0.15, 0.2) is 41.5 Å². The van der Waals surface area contributed by atoms with E-state index in [4.69, 9.17) is 21.6 Å². The third-order valence-corrected chi connectivity index (χ3v) is 8.63. The van der Waals surface area contributed by atoms with Crippen LogP contribution in [0.2, 0.25) is 5.15 Å². The quantitative estimate of drug-likeness (QED) is 0.238. The number of aryl methyl sites for hydroxylation is 2. The molecule has 4 aromatic rings. The molecule has 0 bridgehead atoms. The van der Waals surface area contributed by atoms with Crippen LogP contribution in [0.4, 0.5) is 11.6 Å². The molecule has 4 heterocycles. The lowest BCUT2D eigenvalue weighted by molar-refractivity contribution is 0.0980. The molecule has 10 nitrogen and oxygen atoms in total. The lowest BCUT2D eigenvalue weighted by Gasteiger charge is -2.25. The number of pyridine rings is 1. The average molecular weight is 591 g/mol. The van der Waals surface area contributed by atoms with Gasteiger partial charge in [0.15, 0.2) is 5.69 Å². The van der Waals surface area contributed by atoms with E-state index in [9.17, 15) is 9.59 Å². The van der Waals surface area contributed by atoms with Gasteiger partial charge >= 0.3 is 0 Å². The summed E-state index contributed by atoms with van der Waals surface area (Å²) in [6.45, 7) is 7.54. The second-order valence-corrected chi connectivity index (χ2v) is 11.9. The molecule has 12 heteroatoms. The standard InChI is InChI=1S/C29H31ClN8O2S/c1-14-8-17(16(3)33-21-6-7-23(30)34-26(21)27(39)36-41-5)25-18(9-14)28(40)37(4)29(35-25)38-12-19-20(13-38)24(19)22-11-31-10-15(2)32-22/h6-11,16,19-20,24,33H,12-13H2,1-5H3,(H,36,39). The highest BCUT2D eigenvalue weighted by Crippen LogP contribution is 2.58. The fourth-order valence-corrected chi connectivity index (χ4v) is 6.53. The van der Waals surface area contributed by atoms with Crippen molar-refractivity contribution in [3.8, 4) is 0 Å². The topological polar surface area (TPSA) is 118 Å². The Labute approximate surface area is 247 Å². The van der Waals surface area contributed by atoms with E-state index in [1.54, 1.807) is 36.2 Å². The summed E-state index contributed by atoms with van der Waals surface area (Å²) in [6.07, 6.45) is 5.42. The lowest BCUT2D eigenvalue weighted by atomic mass is 10.0. The van der Waals surface area contributed by atoms with Crippen molar-refractivity contribution >= 4 is 52.0 Å². The van der Waals surface area contributed by atoms with Crippen LogP contribution >= 0.6 is 23.5 Å². The molecule has 1 aliphatic carbocycles. The summed E-state index contributed by atoms with van der Waals surface area (Å²) in [6, 6.07) is 7.02. The fourth-order valence-electron chi connectivity index (χ4n) is 6.10. The number of carbonyl (C=O) groups excluding carboxylic acids is 1. The number of fused-ring (bicyclic) bond motifs is 2. The smallest absolute Gasteiger partial charge is 0.281 e. The van der Waals surface area contributed by atoms with Gasteiger partial charge in [-0.1, -0.05) is 29.6 Å². The van der Waals surface area contributed by atoms with E-state index in [2.05, 4.69) is 24.9 Å². The molecule has 1 amide bonds. The van der Waals surface area contributed by atoms with Crippen molar-refractivity contribution in [2.45, 2.75) is 32.7 Å². The van der Waals surface area contributed by atoms with Crippen molar-refractivity contribution in [3.63, 3.8) is 0 Å². The van der Waals surface area contributed by atoms with Crippen LogP contribution in [0.1, 0.15) is 51.9 Å². The Morgan fingerprint density at radius 2 is 1.88 bits per heavy atom. The molecule has 1 saturated heterocycles. The summed E-state index contributed by atoms with van der Waals surface area (Å²) in [7, 11) is 1.79. The summed E-state index contributed by atoms with van der Waals surface area (Å²) in [5.74, 6) is 1.67. The molecule has 0 spiro atoms. The summed E-state index contributed by atoms with van der Waals surface area (Å²) < 4.78 is 4.36. The molecule has 3 atom stereocenters. The highest BCUT2D eigenvalue weighted by Gasteiger charge is 2.57. The highest BCUT2D eigenvalue weighted by atomic mass is 35.5. The van der Waals surface area contributed by atoms with Gasteiger partial charge in [0.1, 0.15) is 5.15 Å². The van der Waals surface area contributed by atoms with Crippen molar-refractivity contribution in [2.24, 2.45) is 18.9 Å². The van der Waals surface area contributed by atoms with Gasteiger partial charge in [-0.05, 0) is 56.4 Å². The summed E-state index contributed by atoms with van der Waals surface area (Å²) in [5.41, 5.74) is 5.10. The number of piperidine rings is 1. The van der Waals surface area contributed by atoms with E-state index in [-0.39, 0.29) is 28.4 Å². The molecular formula is C29H31ClN8O2S. The Morgan fingerprint density at radius 3 is 2.59 bits per heavy atom. The van der Waals surface area contributed by atoms with Gasteiger partial charge in [0.05, 0.1) is 34.0 Å². The lowest BCUT2D eigenvalue weighted by Crippen LogP contribution is -2.32. The normalized spacial score (nSPS) is 20.1. The van der Waals surface area contributed by atoms with Gasteiger partial charge in [0, 0.05) is 50.3 Å². The first-order valence-corrected chi connectivity index (χ1v) is 15.1. The van der Waals surface area contributed by atoms with Gasteiger partial charge in [0.25, 0.3) is 11.5 Å². The number of hydrogen-bond donors (Lipinski definition) is 2. The van der Waals surface area contributed by atoms with Crippen LogP contribution in [0.25, 0.3) is 10.9 Å². The van der Waals surface area contributed by atoms with E-state index in [1.165, 1.54) is 11.9 Å². The maximum absolute atomic E-state index is 13.6. The fraction of sp³-hybridized carbons (Fsp3) is 0.379. The molecule has 6 rings (SSSR count). The van der Waals surface area contributed by atoms with Crippen LogP contribution < -0.4 is 20.5 Å². The second-order valence-electron chi connectivity index (χ2n) is 10.9. The minimum absolute atomic E-state index is 0.0861. The first kappa shape index (κ1) is 27.5. The second kappa shape index (κ2) is 10.6. The molecule has 2 fully saturated rings. The Kier molecular flexibility index (Phi) is 7.11. The predicted molar refractivity (Wildman–Crippen MR) is 163 cm³/mol. The third kappa shape index (κ3) is 5.01. The molecule has 1 aliphatic heterocycles. The number of anilines is 2. The van der Waals surface area contributed by atoms with E-state index >= 15 is 0 Å². The van der Waals surface area contributed by atoms with Gasteiger partial charge in [-0.2, -0.15) is 0 Å². The van der Waals surface area contributed by atoms with Gasteiger partial charge in [0.2, 0.25) is 5.95 Å².